The van der Waals surface area contributed by atoms with Crippen molar-refractivity contribution in [1.82, 2.24) is 20.4 Å². The number of hydrogen-bond donors (Lipinski definition) is 1. The Balaban J connectivity index is 1.49. The van der Waals surface area contributed by atoms with E-state index in [9.17, 15) is 4.39 Å². The van der Waals surface area contributed by atoms with Crippen molar-refractivity contribution in [1.29, 1.82) is 0 Å². The highest BCUT2D eigenvalue weighted by molar-refractivity contribution is 7.80. The predicted molar refractivity (Wildman–Crippen MR) is 143 cm³/mol. The standard InChI is InChI=1S/C29H27FN4OS/c1-19-13-15-22(16-14-19)27-32-28(35-33-27)25-20(2)34(17-7-10-21-8-4-3-5-9-21)29(36)31-26(25)23-11-6-12-24(30)18-23/h3-6,8-9,11-16,18,26H,7,10,17H2,1-2H3,(H,31,36). The second kappa shape index (κ2) is 10.4. The van der Waals surface area contributed by atoms with Crippen LogP contribution in [0.3, 0.4) is 0 Å². The highest BCUT2D eigenvalue weighted by atomic mass is 32.1. The monoisotopic (exact) mass is 498 g/mol. The molecule has 0 bridgehead atoms. The van der Waals surface area contributed by atoms with E-state index in [2.05, 4.69) is 39.6 Å². The number of nitrogens with zero attached hydrogens (tertiary/aromatic N) is 3. The molecule has 4 aromatic rings. The Morgan fingerprint density at radius 3 is 2.53 bits per heavy atom. The van der Waals surface area contributed by atoms with Gasteiger partial charge < -0.3 is 14.7 Å². The maximum atomic E-state index is 14.2. The van der Waals surface area contributed by atoms with Gasteiger partial charge in [-0.15, -0.1) is 0 Å². The number of halogens is 1. The summed E-state index contributed by atoms with van der Waals surface area (Å²) in [6, 6.07) is 24.5. The van der Waals surface area contributed by atoms with E-state index in [0.29, 0.717) is 16.8 Å². The van der Waals surface area contributed by atoms with Crippen LogP contribution in [0.2, 0.25) is 0 Å². The number of allylic oxidation sites excluding steroid dienone is 1. The lowest BCUT2D eigenvalue weighted by Crippen LogP contribution is -2.46. The minimum atomic E-state index is -0.412. The molecule has 36 heavy (non-hydrogen) atoms. The Kier molecular flexibility index (Phi) is 6.91. The molecule has 0 fully saturated rings. The van der Waals surface area contributed by atoms with E-state index in [4.69, 9.17) is 21.7 Å². The Morgan fingerprint density at radius 1 is 1.00 bits per heavy atom. The molecule has 0 saturated carbocycles. The number of thiocarbonyl (C=S) groups is 1. The molecule has 2 heterocycles. The van der Waals surface area contributed by atoms with Crippen molar-refractivity contribution in [2.24, 2.45) is 0 Å². The van der Waals surface area contributed by atoms with Gasteiger partial charge >= 0.3 is 0 Å². The molecule has 5 nitrogen and oxygen atoms in total. The number of hydrogen-bond acceptors (Lipinski definition) is 4. The fourth-order valence-corrected chi connectivity index (χ4v) is 4.85. The zero-order valence-electron chi connectivity index (χ0n) is 20.2. The first-order chi connectivity index (χ1) is 17.5. The summed E-state index contributed by atoms with van der Waals surface area (Å²) in [6.07, 6.45) is 1.85. The van der Waals surface area contributed by atoms with E-state index in [1.54, 1.807) is 6.07 Å². The number of aryl methyl sites for hydroxylation is 2. The molecule has 7 heteroatoms. The van der Waals surface area contributed by atoms with Gasteiger partial charge in [-0.25, -0.2) is 4.39 Å². The van der Waals surface area contributed by atoms with Crippen LogP contribution >= 0.6 is 12.2 Å². The van der Waals surface area contributed by atoms with Crippen molar-refractivity contribution < 1.29 is 8.91 Å². The molecule has 1 aliphatic rings. The minimum Gasteiger partial charge on any atom is -0.351 e. The zero-order valence-corrected chi connectivity index (χ0v) is 21.1. The van der Waals surface area contributed by atoms with Crippen LogP contribution in [0, 0.1) is 12.7 Å². The summed E-state index contributed by atoms with van der Waals surface area (Å²) in [5.74, 6) is 0.584. The van der Waals surface area contributed by atoms with Gasteiger partial charge in [0, 0.05) is 17.8 Å². The molecular weight excluding hydrogens is 471 g/mol. The first-order valence-corrected chi connectivity index (χ1v) is 12.4. The Labute approximate surface area is 215 Å². The average molecular weight is 499 g/mol. The van der Waals surface area contributed by atoms with E-state index in [0.717, 1.165) is 47.3 Å². The molecule has 0 spiro atoms. The smallest absolute Gasteiger partial charge is 0.258 e. The molecule has 0 radical (unpaired) electrons. The van der Waals surface area contributed by atoms with Crippen LogP contribution in [-0.2, 0) is 6.42 Å². The van der Waals surface area contributed by atoms with Crippen LogP contribution in [0.4, 0.5) is 4.39 Å². The third-order valence-corrected chi connectivity index (χ3v) is 6.77. The van der Waals surface area contributed by atoms with Crippen LogP contribution in [0.1, 0.15) is 42.0 Å². The van der Waals surface area contributed by atoms with Crippen molar-refractivity contribution in [3.05, 3.63) is 113 Å². The Morgan fingerprint density at radius 2 is 1.78 bits per heavy atom. The van der Waals surface area contributed by atoms with Crippen molar-refractivity contribution in [2.45, 2.75) is 32.7 Å². The van der Waals surface area contributed by atoms with Gasteiger partial charge in [-0.2, -0.15) is 4.98 Å². The molecule has 0 saturated heterocycles. The summed E-state index contributed by atoms with van der Waals surface area (Å²) < 4.78 is 19.9. The van der Waals surface area contributed by atoms with Crippen LogP contribution in [0.25, 0.3) is 17.0 Å². The normalized spacial score (nSPS) is 15.8. The highest BCUT2D eigenvalue weighted by Gasteiger charge is 2.34. The SMILES string of the molecule is CC1=C(c2nc(-c3ccc(C)cc3)no2)C(c2cccc(F)c2)NC(=S)N1CCCc1ccccc1. The summed E-state index contributed by atoms with van der Waals surface area (Å²) in [4.78, 5) is 6.80. The lowest BCUT2D eigenvalue weighted by Gasteiger charge is -2.37. The van der Waals surface area contributed by atoms with E-state index in [1.165, 1.54) is 17.7 Å². The largest absolute Gasteiger partial charge is 0.351 e. The van der Waals surface area contributed by atoms with Crippen LogP contribution in [0.15, 0.2) is 89.1 Å². The molecule has 0 amide bonds. The lowest BCUT2D eigenvalue weighted by atomic mass is 9.94. The summed E-state index contributed by atoms with van der Waals surface area (Å²) in [7, 11) is 0. The zero-order chi connectivity index (χ0) is 25.1. The van der Waals surface area contributed by atoms with Crippen LogP contribution in [-0.4, -0.2) is 26.7 Å². The first kappa shape index (κ1) is 23.9. The van der Waals surface area contributed by atoms with Crippen LogP contribution in [0.5, 0.6) is 0 Å². The average Bonchev–Trinajstić information content (AvgIpc) is 3.36. The summed E-state index contributed by atoms with van der Waals surface area (Å²) in [5.41, 5.74) is 5.76. The lowest BCUT2D eigenvalue weighted by molar-refractivity contribution is 0.395. The molecule has 1 aliphatic heterocycles. The maximum Gasteiger partial charge on any atom is 0.258 e. The van der Waals surface area contributed by atoms with Crippen molar-refractivity contribution in [3.8, 4) is 11.4 Å². The molecule has 182 valence electrons. The van der Waals surface area contributed by atoms with Gasteiger partial charge in [0.15, 0.2) is 5.11 Å². The third kappa shape index (κ3) is 5.06. The molecule has 1 atom stereocenters. The van der Waals surface area contributed by atoms with Gasteiger partial charge in [0.05, 0.1) is 11.6 Å². The van der Waals surface area contributed by atoms with Crippen LogP contribution < -0.4 is 5.32 Å². The minimum absolute atomic E-state index is 0.312. The van der Waals surface area contributed by atoms with Gasteiger partial charge in [0.2, 0.25) is 5.82 Å². The van der Waals surface area contributed by atoms with Crippen molar-refractivity contribution in [2.75, 3.05) is 6.54 Å². The molecule has 1 aromatic heterocycles. The van der Waals surface area contributed by atoms with Gasteiger partial charge in [0.1, 0.15) is 5.82 Å². The van der Waals surface area contributed by atoms with E-state index in [-0.39, 0.29) is 5.82 Å². The fourth-order valence-electron chi connectivity index (χ4n) is 4.50. The van der Waals surface area contributed by atoms with Gasteiger partial charge in [-0.1, -0.05) is 77.5 Å². The third-order valence-electron chi connectivity index (χ3n) is 6.43. The maximum absolute atomic E-state index is 14.2. The van der Waals surface area contributed by atoms with Gasteiger partial charge in [0.25, 0.3) is 5.89 Å². The topological polar surface area (TPSA) is 54.2 Å². The molecule has 3 aromatic carbocycles. The summed E-state index contributed by atoms with van der Waals surface area (Å²) in [5, 5.41) is 8.24. The first-order valence-electron chi connectivity index (χ1n) is 12.0. The predicted octanol–water partition coefficient (Wildman–Crippen LogP) is 6.48. The Bertz CT molecular complexity index is 1400. The van der Waals surface area contributed by atoms with Gasteiger partial charge in [-0.3, -0.25) is 0 Å². The molecule has 5 rings (SSSR count). The number of aromatic nitrogens is 2. The molecule has 1 unspecified atom stereocenters. The molecule has 0 aliphatic carbocycles. The second-order valence-corrected chi connectivity index (χ2v) is 9.35. The quantitative estimate of drug-likeness (QED) is 0.294. The van der Waals surface area contributed by atoms with E-state index < -0.39 is 6.04 Å². The fraction of sp³-hybridized carbons (Fsp3) is 0.207. The molecular formula is C29H27FN4OS. The summed E-state index contributed by atoms with van der Waals surface area (Å²) >= 11 is 5.76. The van der Waals surface area contributed by atoms with Crippen molar-refractivity contribution >= 4 is 22.9 Å². The molecule has 1 N–H and O–H groups in total. The number of nitrogens with one attached hydrogen (secondary N) is 1. The van der Waals surface area contributed by atoms with Crippen molar-refractivity contribution in [3.63, 3.8) is 0 Å². The van der Waals surface area contributed by atoms with E-state index in [1.807, 2.05) is 50.2 Å². The number of rotatable bonds is 7. The number of benzene rings is 3. The highest BCUT2D eigenvalue weighted by Crippen LogP contribution is 2.37. The van der Waals surface area contributed by atoms with E-state index >= 15 is 0 Å². The van der Waals surface area contributed by atoms with Gasteiger partial charge in [-0.05, 0) is 62.2 Å². The Hall–Kier alpha value is -3.84. The second-order valence-electron chi connectivity index (χ2n) is 8.97. The summed E-state index contributed by atoms with van der Waals surface area (Å²) in [6.45, 7) is 4.77.